The fraction of sp³-hybridized carbons (Fsp3) is 0.368. The summed E-state index contributed by atoms with van der Waals surface area (Å²) in [5, 5.41) is 0.645. The van der Waals surface area contributed by atoms with E-state index in [0.29, 0.717) is 21.1 Å². The summed E-state index contributed by atoms with van der Waals surface area (Å²) >= 11 is 3.43. The van der Waals surface area contributed by atoms with E-state index in [0.717, 1.165) is 24.7 Å². The number of fused-ring (bicyclic) bond motifs is 1. The SMILES string of the molecule is CC(C)(C)OC(=O)n1cc(-c2nc(N)ncc2F)c2cc(Br)nc(C3CC3)c21. The number of pyridine rings is 1. The molecule has 0 amide bonds. The third-order valence-electron chi connectivity index (χ3n) is 4.35. The zero-order valence-corrected chi connectivity index (χ0v) is 17.2. The number of hydrogen-bond acceptors (Lipinski definition) is 6. The summed E-state index contributed by atoms with van der Waals surface area (Å²) in [4.78, 5) is 25.2. The van der Waals surface area contributed by atoms with E-state index in [4.69, 9.17) is 10.5 Å². The second kappa shape index (κ2) is 6.51. The third-order valence-corrected chi connectivity index (χ3v) is 4.76. The van der Waals surface area contributed by atoms with Gasteiger partial charge in [-0.3, -0.25) is 4.57 Å². The number of ether oxygens (including phenoxy) is 1. The second-order valence-electron chi connectivity index (χ2n) is 7.82. The first-order valence-electron chi connectivity index (χ1n) is 8.87. The molecule has 0 spiro atoms. The highest BCUT2D eigenvalue weighted by molar-refractivity contribution is 9.10. The van der Waals surface area contributed by atoms with Gasteiger partial charge < -0.3 is 10.5 Å². The molecule has 9 heteroatoms. The van der Waals surface area contributed by atoms with Crippen molar-refractivity contribution >= 4 is 38.9 Å². The van der Waals surface area contributed by atoms with Crippen LogP contribution in [0.1, 0.15) is 45.2 Å². The Balaban J connectivity index is 2.01. The van der Waals surface area contributed by atoms with Crippen LogP contribution in [0.3, 0.4) is 0 Å². The number of nitrogens with two attached hydrogens (primary N) is 1. The summed E-state index contributed by atoms with van der Waals surface area (Å²) in [5.41, 5.74) is 6.83. The molecule has 0 bridgehead atoms. The lowest BCUT2D eigenvalue weighted by Gasteiger charge is -2.20. The molecule has 3 aromatic heterocycles. The summed E-state index contributed by atoms with van der Waals surface area (Å²) in [6.07, 6.45) is 3.97. The Bertz CT molecular complexity index is 1100. The number of carbonyl (C=O) groups excluding carboxylic acids is 1. The Morgan fingerprint density at radius 2 is 2.07 bits per heavy atom. The van der Waals surface area contributed by atoms with Gasteiger partial charge in [0.05, 0.1) is 17.4 Å². The first kappa shape index (κ1) is 18.8. The number of nitrogens with zero attached hydrogens (tertiary/aromatic N) is 4. The maximum Gasteiger partial charge on any atom is 0.419 e. The molecule has 0 saturated heterocycles. The lowest BCUT2D eigenvalue weighted by Crippen LogP contribution is -2.27. The number of hydrogen-bond donors (Lipinski definition) is 1. The van der Waals surface area contributed by atoms with Gasteiger partial charge in [0.1, 0.15) is 15.9 Å². The van der Waals surface area contributed by atoms with Gasteiger partial charge in [-0.2, -0.15) is 0 Å². The zero-order valence-electron chi connectivity index (χ0n) is 15.7. The Morgan fingerprint density at radius 1 is 1.36 bits per heavy atom. The normalized spacial score (nSPS) is 14.5. The van der Waals surface area contributed by atoms with Crippen LogP contribution in [-0.2, 0) is 4.74 Å². The largest absolute Gasteiger partial charge is 0.443 e. The zero-order chi connectivity index (χ0) is 20.2. The first-order valence-corrected chi connectivity index (χ1v) is 9.66. The van der Waals surface area contributed by atoms with Gasteiger partial charge in [-0.15, -0.1) is 0 Å². The van der Waals surface area contributed by atoms with E-state index in [-0.39, 0.29) is 17.6 Å². The Morgan fingerprint density at radius 3 is 2.71 bits per heavy atom. The van der Waals surface area contributed by atoms with Crippen molar-refractivity contribution in [3.05, 3.63) is 34.6 Å². The molecule has 0 radical (unpaired) electrons. The highest BCUT2D eigenvalue weighted by Crippen LogP contribution is 2.45. The molecular formula is C19H19BrFN5O2. The van der Waals surface area contributed by atoms with E-state index in [1.54, 1.807) is 26.8 Å². The van der Waals surface area contributed by atoms with Crippen LogP contribution in [0.15, 0.2) is 23.1 Å². The van der Waals surface area contributed by atoms with Crippen molar-refractivity contribution < 1.29 is 13.9 Å². The smallest absolute Gasteiger partial charge is 0.419 e. The molecule has 4 rings (SSSR count). The van der Waals surface area contributed by atoms with E-state index in [1.165, 1.54) is 10.8 Å². The number of aromatic nitrogens is 4. The minimum Gasteiger partial charge on any atom is -0.443 e. The van der Waals surface area contributed by atoms with Crippen molar-refractivity contribution in [3.8, 4) is 11.3 Å². The van der Waals surface area contributed by atoms with Gasteiger partial charge in [-0.05, 0) is 55.6 Å². The highest BCUT2D eigenvalue weighted by Gasteiger charge is 2.32. The van der Waals surface area contributed by atoms with E-state index >= 15 is 0 Å². The van der Waals surface area contributed by atoms with Gasteiger partial charge in [0.2, 0.25) is 5.95 Å². The molecule has 1 saturated carbocycles. The van der Waals surface area contributed by atoms with Gasteiger partial charge >= 0.3 is 6.09 Å². The quantitative estimate of drug-likeness (QED) is 0.574. The second-order valence-corrected chi connectivity index (χ2v) is 8.63. The summed E-state index contributed by atoms with van der Waals surface area (Å²) in [6.45, 7) is 5.37. The predicted octanol–water partition coefficient (Wildman–Crippen LogP) is 4.64. The molecule has 1 aliphatic rings. The van der Waals surface area contributed by atoms with Gasteiger partial charge in [0.25, 0.3) is 0 Å². The Kier molecular flexibility index (Phi) is 4.37. The number of rotatable bonds is 2. The lowest BCUT2D eigenvalue weighted by atomic mass is 10.1. The average Bonchev–Trinajstić information content (AvgIpc) is 3.36. The van der Waals surface area contributed by atoms with Crippen molar-refractivity contribution in [1.82, 2.24) is 19.5 Å². The highest BCUT2D eigenvalue weighted by atomic mass is 79.9. The van der Waals surface area contributed by atoms with Crippen molar-refractivity contribution in [2.45, 2.75) is 45.1 Å². The van der Waals surface area contributed by atoms with Crippen LogP contribution in [0.5, 0.6) is 0 Å². The summed E-state index contributed by atoms with van der Waals surface area (Å²) in [5.74, 6) is -0.423. The van der Waals surface area contributed by atoms with Crippen LogP contribution in [0.4, 0.5) is 15.1 Å². The van der Waals surface area contributed by atoms with Crippen molar-refractivity contribution in [2.24, 2.45) is 0 Å². The Labute approximate surface area is 169 Å². The topological polar surface area (TPSA) is 95.9 Å². The molecule has 1 fully saturated rings. The van der Waals surface area contributed by atoms with E-state index in [2.05, 4.69) is 30.9 Å². The molecule has 146 valence electrons. The molecule has 1 aliphatic carbocycles. The monoisotopic (exact) mass is 447 g/mol. The number of carbonyl (C=O) groups is 1. The van der Waals surface area contributed by atoms with Crippen LogP contribution < -0.4 is 5.73 Å². The summed E-state index contributed by atoms with van der Waals surface area (Å²) in [7, 11) is 0. The molecule has 0 unspecified atom stereocenters. The molecule has 28 heavy (non-hydrogen) atoms. The lowest BCUT2D eigenvalue weighted by molar-refractivity contribution is 0.0544. The van der Waals surface area contributed by atoms with Gasteiger partial charge in [0.15, 0.2) is 5.82 Å². The van der Waals surface area contributed by atoms with Crippen LogP contribution in [0.25, 0.3) is 22.2 Å². The molecular weight excluding hydrogens is 429 g/mol. The van der Waals surface area contributed by atoms with Crippen molar-refractivity contribution in [3.63, 3.8) is 0 Å². The maximum atomic E-state index is 14.5. The minimum atomic E-state index is -0.680. The Hall–Kier alpha value is -2.55. The first-order chi connectivity index (χ1) is 13.1. The molecule has 7 nitrogen and oxygen atoms in total. The van der Waals surface area contributed by atoms with Crippen LogP contribution in [0, 0.1) is 5.82 Å². The number of halogens is 2. The molecule has 0 aliphatic heterocycles. The molecule has 3 aromatic rings. The van der Waals surface area contributed by atoms with E-state index in [9.17, 15) is 9.18 Å². The van der Waals surface area contributed by atoms with Gasteiger partial charge in [0, 0.05) is 23.1 Å². The summed E-state index contributed by atoms with van der Waals surface area (Å²) < 4.78 is 22.1. The number of anilines is 1. The van der Waals surface area contributed by atoms with E-state index in [1.807, 2.05) is 0 Å². The standard InChI is InChI=1S/C19H19BrFN5O2/c1-19(2,3)28-18(27)26-8-11(15-12(21)7-23-17(22)25-15)10-6-13(20)24-14(16(10)26)9-4-5-9/h6-9H,4-5H2,1-3H3,(H2,22,23,25). The van der Waals surface area contributed by atoms with Gasteiger partial charge in [-0.1, -0.05) is 0 Å². The third kappa shape index (κ3) is 3.46. The number of nitrogen functional groups attached to an aromatic ring is 1. The van der Waals surface area contributed by atoms with E-state index < -0.39 is 17.5 Å². The average molecular weight is 448 g/mol. The minimum absolute atomic E-state index is 0.0275. The van der Waals surface area contributed by atoms with Crippen LogP contribution in [0.2, 0.25) is 0 Å². The maximum absolute atomic E-state index is 14.5. The fourth-order valence-electron chi connectivity index (χ4n) is 3.10. The molecule has 2 N–H and O–H groups in total. The fourth-order valence-corrected chi connectivity index (χ4v) is 3.52. The van der Waals surface area contributed by atoms with Gasteiger partial charge in [-0.25, -0.2) is 24.1 Å². The molecule has 3 heterocycles. The van der Waals surface area contributed by atoms with Crippen LogP contribution >= 0.6 is 15.9 Å². The molecule has 0 atom stereocenters. The van der Waals surface area contributed by atoms with Crippen LogP contribution in [-0.4, -0.2) is 31.2 Å². The predicted molar refractivity (Wildman–Crippen MR) is 106 cm³/mol. The molecule has 0 aromatic carbocycles. The van der Waals surface area contributed by atoms with Crippen molar-refractivity contribution in [1.29, 1.82) is 0 Å². The summed E-state index contributed by atoms with van der Waals surface area (Å²) in [6, 6.07) is 1.75. The van der Waals surface area contributed by atoms with Crippen molar-refractivity contribution in [2.75, 3.05) is 5.73 Å².